The van der Waals surface area contributed by atoms with Gasteiger partial charge in [0.05, 0.1) is 5.69 Å². The van der Waals surface area contributed by atoms with Gasteiger partial charge in [-0.1, -0.05) is 0 Å². The molecule has 12 heteroatoms. The van der Waals surface area contributed by atoms with Crippen LogP contribution in [-0.4, -0.2) is 35.3 Å². The number of aliphatic hydroxyl groups is 1. The number of primary amides is 1. The van der Waals surface area contributed by atoms with Crippen LogP contribution in [0.1, 0.15) is 18.2 Å². The molecule has 0 radical (unpaired) electrons. The lowest BCUT2D eigenvalue weighted by molar-refractivity contribution is -0.263. The minimum Gasteiger partial charge on any atom is -0.489 e. The number of rotatable bonds is 4. The lowest BCUT2D eigenvalue weighted by atomic mass is 9.81. The number of nitrogens with zero attached hydrogens (tertiary/aromatic N) is 1. The molecule has 0 fully saturated rings. The van der Waals surface area contributed by atoms with Crippen molar-refractivity contribution < 1.29 is 41.0 Å². The zero-order valence-corrected chi connectivity index (χ0v) is 15.3. The molecule has 0 saturated carbocycles. The molecule has 1 aliphatic rings. The van der Waals surface area contributed by atoms with Gasteiger partial charge in [-0.2, -0.15) is 13.2 Å². The lowest BCUT2D eigenvalue weighted by Crippen LogP contribution is -2.49. The summed E-state index contributed by atoms with van der Waals surface area (Å²) in [6, 6.07) is 1.27. The highest BCUT2D eigenvalue weighted by molar-refractivity contribution is 5.90. The summed E-state index contributed by atoms with van der Waals surface area (Å²) in [6.07, 6.45) is -5.31. The van der Waals surface area contributed by atoms with Crippen molar-refractivity contribution in [2.45, 2.75) is 24.1 Å². The Hall–Kier alpha value is -2.86. The van der Waals surface area contributed by atoms with E-state index in [2.05, 4.69) is 4.98 Å². The van der Waals surface area contributed by atoms with Crippen LogP contribution in [0, 0.1) is 17.5 Å². The normalized spacial score (nSPS) is 20.4. The number of pyridine rings is 1. The number of fused-ring (bicyclic) bond motifs is 1. The van der Waals surface area contributed by atoms with Crippen molar-refractivity contribution in [1.29, 1.82) is 0 Å². The third-order valence-corrected chi connectivity index (χ3v) is 5.07. The Morgan fingerprint density at radius 2 is 1.80 bits per heavy atom. The summed E-state index contributed by atoms with van der Waals surface area (Å²) in [7, 11) is 0. The first kappa shape index (κ1) is 21.8. The third kappa shape index (κ3) is 3.06. The van der Waals surface area contributed by atoms with E-state index in [4.69, 9.17) is 16.2 Å². The smallest absolute Gasteiger partial charge is 0.424 e. The Balaban J connectivity index is 2.41. The van der Waals surface area contributed by atoms with Gasteiger partial charge in [-0.15, -0.1) is 0 Å². The Bertz CT molecular complexity index is 1040. The molecule has 1 aromatic carbocycles. The number of benzene rings is 1. The maximum absolute atomic E-state index is 14.4. The number of carbonyl (C=O) groups is 1. The molecule has 1 amide bonds. The molecule has 30 heavy (non-hydrogen) atoms. The SMILES string of the molecule is C[C@]1(C(N)=O)COc2c1cc([C@@](O)(CN)C(F)(F)F)nc2-c1cc(F)c(F)cc1F. The first-order chi connectivity index (χ1) is 13.8. The molecule has 6 nitrogen and oxygen atoms in total. The van der Waals surface area contributed by atoms with E-state index >= 15 is 0 Å². The number of nitrogens with two attached hydrogens (primary N) is 2. The molecule has 0 aliphatic carbocycles. The average Bonchev–Trinajstić information content (AvgIpc) is 3.01. The summed E-state index contributed by atoms with van der Waals surface area (Å²) < 4.78 is 87.4. The zero-order valence-electron chi connectivity index (χ0n) is 15.3. The Morgan fingerprint density at radius 1 is 1.20 bits per heavy atom. The molecule has 1 aromatic heterocycles. The largest absolute Gasteiger partial charge is 0.489 e. The predicted octanol–water partition coefficient (Wildman–Crippen LogP) is 2.01. The molecule has 5 N–H and O–H groups in total. The highest BCUT2D eigenvalue weighted by atomic mass is 19.4. The molecule has 0 spiro atoms. The Morgan fingerprint density at radius 3 is 2.33 bits per heavy atom. The fraction of sp³-hybridized carbons (Fsp3) is 0.333. The highest BCUT2D eigenvalue weighted by Crippen LogP contribution is 2.48. The molecular weight excluding hydrogens is 420 g/mol. The fourth-order valence-corrected chi connectivity index (χ4v) is 3.05. The Kier molecular flexibility index (Phi) is 4.98. The number of hydrogen-bond donors (Lipinski definition) is 3. The number of halogens is 6. The minimum absolute atomic E-state index is 0.173. The van der Waals surface area contributed by atoms with Crippen molar-refractivity contribution in [1.82, 2.24) is 4.98 Å². The predicted molar refractivity (Wildman–Crippen MR) is 90.6 cm³/mol. The molecule has 3 rings (SSSR count). The maximum Gasteiger partial charge on any atom is 0.424 e. The number of alkyl halides is 3. The first-order valence-corrected chi connectivity index (χ1v) is 8.39. The van der Waals surface area contributed by atoms with Gasteiger partial charge >= 0.3 is 6.18 Å². The molecule has 0 saturated heterocycles. The zero-order chi connectivity index (χ0) is 22.6. The van der Waals surface area contributed by atoms with Crippen LogP contribution in [0.2, 0.25) is 0 Å². The summed E-state index contributed by atoms with van der Waals surface area (Å²) in [5.74, 6) is -5.75. The van der Waals surface area contributed by atoms with Crippen molar-refractivity contribution in [2.75, 3.05) is 13.2 Å². The summed E-state index contributed by atoms with van der Waals surface area (Å²) in [4.78, 5) is 15.6. The van der Waals surface area contributed by atoms with Crippen molar-refractivity contribution in [2.24, 2.45) is 11.5 Å². The van der Waals surface area contributed by atoms with Gasteiger partial charge in [0, 0.05) is 23.7 Å². The second kappa shape index (κ2) is 6.84. The Labute approximate surface area is 165 Å². The summed E-state index contributed by atoms with van der Waals surface area (Å²) in [6.45, 7) is -0.546. The van der Waals surface area contributed by atoms with Crippen LogP contribution < -0.4 is 16.2 Å². The number of carbonyl (C=O) groups excluding carboxylic acids is 1. The number of ether oxygens (including phenoxy) is 1. The van der Waals surface area contributed by atoms with E-state index in [1.807, 2.05) is 0 Å². The number of amides is 1. The second-order valence-electron chi connectivity index (χ2n) is 7.03. The van der Waals surface area contributed by atoms with Gasteiger partial charge in [0.2, 0.25) is 11.5 Å². The van der Waals surface area contributed by atoms with Crippen molar-refractivity contribution in [3.63, 3.8) is 0 Å². The molecular formula is C18H15F6N3O3. The number of aromatic nitrogens is 1. The molecule has 2 aromatic rings. The van der Waals surface area contributed by atoms with Crippen molar-refractivity contribution in [3.8, 4) is 17.0 Å². The molecule has 0 unspecified atom stereocenters. The van der Waals surface area contributed by atoms with E-state index in [9.17, 15) is 36.2 Å². The van der Waals surface area contributed by atoms with Crippen LogP contribution in [0.5, 0.6) is 5.75 Å². The average molecular weight is 435 g/mol. The third-order valence-electron chi connectivity index (χ3n) is 5.07. The molecule has 2 atom stereocenters. The molecule has 162 valence electrons. The van der Waals surface area contributed by atoms with Gasteiger partial charge in [-0.05, 0) is 19.1 Å². The fourth-order valence-electron chi connectivity index (χ4n) is 3.05. The van der Waals surface area contributed by atoms with Crippen molar-refractivity contribution >= 4 is 5.91 Å². The summed E-state index contributed by atoms with van der Waals surface area (Å²) in [5, 5.41) is 10.2. The maximum atomic E-state index is 14.4. The van der Waals surface area contributed by atoms with Crippen LogP contribution in [0.4, 0.5) is 26.3 Å². The van der Waals surface area contributed by atoms with Gasteiger partial charge in [-0.25, -0.2) is 18.2 Å². The minimum atomic E-state index is -5.31. The van der Waals surface area contributed by atoms with Gasteiger partial charge < -0.3 is 21.3 Å². The van der Waals surface area contributed by atoms with Crippen molar-refractivity contribution in [3.05, 3.63) is 46.9 Å². The molecule has 1 aliphatic heterocycles. The highest BCUT2D eigenvalue weighted by Gasteiger charge is 2.56. The van der Waals surface area contributed by atoms with Crippen LogP contribution >= 0.6 is 0 Å². The molecule has 2 heterocycles. The number of hydrogen-bond acceptors (Lipinski definition) is 5. The second-order valence-corrected chi connectivity index (χ2v) is 7.03. The van der Waals surface area contributed by atoms with E-state index in [1.165, 1.54) is 6.92 Å². The standard InChI is InChI=1S/C18H15F6N3O3/c1-16(15(26)28)6-30-14-8(16)3-12(17(29,5-25)18(22,23)24)27-13(14)7-2-10(20)11(21)4-9(7)19/h2-4,29H,5-6,25H2,1H3,(H2,26,28)/t16-,17-/m0/s1. The van der Waals surface area contributed by atoms with Crippen LogP contribution in [0.15, 0.2) is 18.2 Å². The van der Waals surface area contributed by atoms with E-state index in [-0.39, 0.29) is 17.4 Å². The van der Waals surface area contributed by atoms with Gasteiger partial charge in [-0.3, -0.25) is 4.79 Å². The van der Waals surface area contributed by atoms with E-state index in [1.54, 1.807) is 0 Å². The monoisotopic (exact) mass is 435 g/mol. The molecule has 0 bridgehead atoms. The van der Waals surface area contributed by atoms with E-state index in [0.717, 1.165) is 6.07 Å². The van der Waals surface area contributed by atoms with E-state index < -0.39 is 70.7 Å². The van der Waals surface area contributed by atoms with Gasteiger partial charge in [0.15, 0.2) is 11.6 Å². The quantitative estimate of drug-likeness (QED) is 0.503. The lowest BCUT2D eigenvalue weighted by Gasteiger charge is -2.30. The van der Waals surface area contributed by atoms with Crippen LogP contribution in [-0.2, 0) is 15.8 Å². The summed E-state index contributed by atoms with van der Waals surface area (Å²) >= 11 is 0. The summed E-state index contributed by atoms with van der Waals surface area (Å²) in [5.41, 5.74) is 2.38. The first-order valence-electron chi connectivity index (χ1n) is 8.39. The van der Waals surface area contributed by atoms with Gasteiger partial charge in [0.1, 0.15) is 29.3 Å². The topological polar surface area (TPSA) is 111 Å². The van der Waals surface area contributed by atoms with Gasteiger partial charge in [0.25, 0.3) is 0 Å². The van der Waals surface area contributed by atoms with Crippen LogP contribution in [0.25, 0.3) is 11.3 Å². The van der Waals surface area contributed by atoms with Crippen LogP contribution in [0.3, 0.4) is 0 Å². The van der Waals surface area contributed by atoms with E-state index in [0.29, 0.717) is 6.07 Å².